The van der Waals surface area contributed by atoms with E-state index in [1.165, 1.54) is 18.1 Å². The van der Waals surface area contributed by atoms with E-state index in [1.807, 2.05) is 24.3 Å². The minimum absolute atomic E-state index is 0.296. The van der Waals surface area contributed by atoms with Crippen LogP contribution >= 0.6 is 19.9 Å². The largest absolute Gasteiger partial charge is 0.350 e. The molecule has 0 unspecified atom stereocenters. The summed E-state index contributed by atoms with van der Waals surface area (Å²) in [6.07, 6.45) is 1.37. The predicted molar refractivity (Wildman–Crippen MR) is 67.6 cm³/mol. The summed E-state index contributed by atoms with van der Waals surface area (Å²) in [6.45, 7) is 1.41. The zero-order valence-electron chi connectivity index (χ0n) is 8.84. The van der Waals surface area contributed by atoms with E-state index in [0.717, 1.165) is 0 Å². The molecule has 1 aliphatic heterocycles. The van der Waals surface area contributed by atoms with Crippen molar-refractivity contribution in [2.45, 2.75) is 19.2 Å². The Balaban J connectivity index is 2.34. The molecule has 0 aromatic heterocycles. The van der Waals surface area contributed by atoms with Crippen LogP contribution in [0.15, 0.2) is 29.0 Å². The first-order chi connectivity index (χ1) is 7.65. The van der Waals surface area contributed by atoms with E-state index in [-0.39, 0.29) is 5.97 Å². The van der Waals surface area contributed by atoms with Gasteiger partial charge in [-0.25, -0.2) is 4.79 Å². The molecule has 0 fully saturated rings. The van der Waals surface area contributed by atoms with Crippen molar-refractivity contribution < 1.29 is 9.32 Å². The lowest BCUT2D eigenvalue weighted by atomic mass is 10.1. The van der Waals surface area contributed by atoms with Crippen LogP contribution in [0.25, 0.3) is 0 Å². The van der Waals surface area contributed by atoms with Crippen LogP contribution in [0.2, 0.25) is 0 Å². The normalized spacial score (nSPS) is 16.1. The first kappa shape index (κ1) is 11.4. The van der Waals surface area contributed by atoms with Gasteiger partial charge in [-0.2, -0.15) is 0 Å². The van der Waals surface area contributed by atoms with Gasteiger partial charge in [-0.15, -0.1) is 0 Å². The molecule has 1 aromatic rings. The van der Waals surface area contributed by atoms with Crippen molar-refractivity contribution in [1.82, 2.24) is 0 Å². The first-order valence-electron chi connectivity index (χ1n) is 4.89. The zero-order valence-corrected chi connectivity index (χ0v) is 10.6. The van der Waals surface area contributed by atoms with Gasteiger partial charge in [0, 0.05) is 18.1 Å². The van der Waals surface area contributed by atoms with E-state index in [4.69, 9.17) is 4.52 Å². The van der Waals surface area contributed by atoms with Gasteiger partial charge in [0.05, 0.1) is 0 Å². The lowest BCUT2D eigenvalue weighted by Crippen LogP contribution is -2.01. The molecule has 0 amide bonds. The molecule has 3 nitrogen and oxygen atoms in total. The predicted octanol–water partition coefficient (Wildman–Crippen LogP) is 3.21. The summed E-state index contributed by atoms with van der Waals surface area (Å²) in [5.74, 6) is -0.296. The van der Waals surface area contributed by atoms with Gasteiger partial charge >= 0.3 is 13.6 Å². The lowest BCUT2D eigenvalue weighted by molar-refractivity contribution is -0.131. The van der Waals surface area contributed by atoms with Gasteiger partial charge in [-0.3, -0.25) is 4.52 Å². The van der Waals surface area contributed by atoms with Gasteiger partial charge in [-0.1, -0.05) is 24.3 Å². The maximum absolute atomic E-state index is 11.1. The molecule has 2 rings (SSSR count). The van der Waals surface area contributed by atoms with E-state index in [0.29, 0.717) is 12.3 Å². The van der Waals surface area contributed by atoms with E-state index in [2.05, 4.69) is 22.1 Å². The SMILES string of the molecule is CC(=O)O[P+]1(N=C=S)Cc2ccccc2C1. The highest BCUT2D eigenvalue weighted by Gasteiger charge is 2.49. The molecule has 0 saturated carbocycles. The average molecular weight is 252 g/mol. The standard InChI is InChI=1S/C11H11NO2PS/c1-9(13)14-15(12-8-16)6-10-4-2-3-5-11(10)7-15/h2-5H,6-7H2,1H3/q+1. The number of nitrogens with zero attached hydrogens (tertiary/aromatic N) is 1. The van der Waals surface area contributed by atoms with Gasteiger partial charge in [0.15, 0.2) is 0 Å². The Morgan fingerprint density at radius 1 is 1.44 bits per heavy atom. The second-order valence-corrected chi connectivity index (χ2v) is 6.60. The molecule has 1 aromatic carbocycles. The van der Waals surface area contributed by atoms with E-state index >= 15 is 0 Å². The van der Waals surface area contributed by atoms with Crippen molar-refractivity contribution in [2.24, 2.45) is 4.76 Å². The summed E-state index contributed by atoms with van der Waals surface area (Å²) >= 11 is 4.64. The van der Waals surface area contributed by atoms with Crippen LogP contribution in [0, 0.1) is 0 Å². The summed E-state index contributed by atoms with van der Waals surface area (Å²) in [4.78, 5) is 11.1. The van der Waals surface area contributed by atoms with Crippen molar-refractivity contribution in [3.8, 4) is 0 Å². The lowest BCUT2D eigenvalue weighted by Gasteiger charge is -2.10. The third kappa shape index (κ3) is 2.19. The molecular weight excluding hydrogens is 241 g/mol. The number of rotatable bonds is 2. The van der Waals surface area contributed by atoms with Gasteiger partial charge in [0.25, 0.3) is 0 Å². The summed E-state index contributed by atoms with van der Waals surface area (Å²) in [5, 5.41) is 2.37. The summed E-state index contributed by atoms with van der Waals surface area (Å²) in [5.41, 5.74) is 2.40. The van der Waals surface area contributed by atoms with E-state index < -0.39 is 7.64 Å². The second kappa shape index (κ2) is 4.42. The number of fused-ring (bicyclic) bond motifs is 1. The molecule has 1 aliphatic rings. The number of isothiocyanates is 1. The highest BCUT2D eigenvalue weighted by Crippen LogP contribution is 2.70. The number of hydrogen-bond acceptors (Lipinski definition) is 4. The first-order valence-corrected chi connectivity index (χ1v) is 7.32. The Hall–Kier alpha value is -1.08. The molecule has 0 atom stereocenters. The molecule has 1 heterocycles. The molecule has 0 aliphatic carbocycles. The van der Waals surface area contributed by atoms with Crippen molar-refractivity contribution in [1.29, 1.82) is 0 Å². The van der Waals surface area contributed by atoms with E-state index in [1.54, 1.807) is 0 Å². The second-order valence-electron chi connectivity index (χ2n) is 3.71. The Kier molecular flexibility index (Phi) is 3.15. The molecular formula is C11H11NO2PS+. The Morgan fingerprint density at radius 2 is 2.00 bits per heavy atom. The summed E-state index contributed by atoms with van der Waals surface area (Å²) < 4.78 is 9.54. The van der Waals surface area contributed by atoms with Crippen LogP contribution in [0.1, 0.15) is 18.1 Å². The molecule has 0 radical (unpaired) electrons. The topological polar surface area (TPSA) is 38.7 Å². The number of hydrogen-bond donors (Lipinski definition) is 0. The van der Waals surface area contributed by atoms with Gasteiger partial charge in [-0.05, 0) is 17.0 Å². The average Bonchev–Trinajstić information content (AvgIpc) is 2.54. The minimum Gasteiger partial charge on any atom is -0.286 e. The fourth-order valence-electron chi connectivity index (χ4n) is 1.92. The van der Waals surface area contributed by atoms with Crippen molar-refractivity contribution >= 4 is 31.0 Å². The van der Waals surface area contributed by atoms with Crippen molar-refractivity contribution in [2.75, 3.05) is 0 Å². The molecule has 16 heavy (non-hydrogen) atoms. The van der Waals surface area contributed by atoms with Crippen LogP contribution in [-0.4, -0.2) is 11.1 Å². The highest BCUT2D eigenvalue weighted by molar-refractivity contribution is 7.79. The molecule has 0 saturated heterocycles. The fraction of sp³-hybridized carbons (Fsp3) is 0.273. The fourth-order valence-corrected chi connectivity index (χ4v) is 5.10. The third-order valence-corrected chi connectivity index (χ3v) is 5.43. The summed E-state index contributed by atoms with van der Waals surface area (Å²) in [7, 11) is -2.12. The third-order valence-electron chi connectivity index (χ3n) is 2.47. The van der Waals surface area contributed by atoms with Gasteiger partial charge in [0.2, 0.25) is 0 Å². The van der Waals surface area contributed by atoms with Crippen LogP contribution < -0.4 is 0 Å². The number of carbonyl (C=O) groups is 1. The van der Waals surface area contributed by atoms with Crippen LogP contribution in [0.5, 0.6) is 0 Å². The number of benzene rings is 1. The van der Waals surface area contributed by atoms with Crippen LogP contribution in [-0.2, 0) is 21.6 Å². The molecule has 0 bridgehead atoms. The monoisotopic (exact) mass is 252 g/mol. The summed E-state index contributed by atoms with van der Waals surface area (Å²) in [6, 6.07) is 8.04. The Bertz CT molecular complexity index is 458. The van der Waals surface area contributed by atoms with Crippen LogP contribution in [0.3, 0.4) is 0 Å². The van der Waals surface area contributed by atoms with Crippen molar-refractivity contribution in [3.05, 3.63) is 35.4 Å². The van der Waals surface area contributed by atoms with Crippen molar-refractivity contribution in [3.63, 3.8) is 0 Å². The Labute approximate surface area is 100 Å². The quantitative estimate of drug-likeness (QED) is 0.461. The Morgan fingerprint density at radius 3 is 2.44 bits per heavy atom. The van der Waals surface area contributed by atoms with Gasteiger partial charge in [0.1, 0.15) is 17.5 Å². The molecule has 82 valence electrons. The minimum atomic E-state index is -2.12. The molecule has 0 N–H and O–H groups in total. The maximum Gasteiger partial charge on any atom is 0.350 e. The maximum atomic E-state index is 11.1. The van der Waals surface area contributed by atoms with Gasteiger partial charge < -0.3 is 0 Å². The van der Waals surface area contributed by atoms with Crippen LogP contribution in [0.4, 0.5) is 0 Å². The number of thiocarbonyl (C=S) groups is 1. The highest BCUT2D eigenvalue weighted by atomic mass is 32.1. The molecule has 0 spiro atoms. The smallest absolute Gasteiger partial charge is 0.286 e. The van der Waals surface area contributed by atoms with E-state index in [9.17, 15) is 4.79 Å². The number of carbonyl (C=O) groups excluding carboxylic acids is 1. The zero-order chi connectivity index (χ0) is 11.6. The molecule has 5 heteroatoms.